The van der Waals surface area contributed by atoms with Crippen molar-refractivity contribution in [1.82, 2.24) is 20.6 Å². The van der Waals surface area contributed by atoms with Gasteiger partial charge in [0.1, 0.15) is 5.25 Å². The van der Waals surface area contributed by atoms with Gasteiger partial charge in [-0.25, -0.2) is 0 Å². The molecule has 1 amide bonds. The van der Waals surface area contributed by atoms with Crippen LogP contribution in [0.3, 0.4) is 0 Å². The summed E-state index contributed by atoms with van der Waals surface area (Å²) in [6.07, 6.45) is 5.60. The van der Waals surface area contributed by atoms with Crippen LogP contribution in [-0.4, -0.2) is 44.5 Å². The normalized spacial score (nSPS) is 21.8. The van der Waals surface area contributed by atoms with Crippen molar-refractivity contribution in [2.24, 2.45) is 4.99 Å². The highest BCUT2D eigenvalue weighted by Gasteiger charge is 2.28. The van der Waals surface area contributed by atoms with Crippen LogP contribution >= 0.6 is 11.8 Å². The first-order valence-electron chi connectivity index (χ1n) is 4.95. The summed E-state index contributed by atoms with van der Waals surface area (Å²) in [5.74, 6) is 0.0355. The first-order valence-corrected chi connectivity index (χ1v) is 5.83. The third-order valence-electron chi connectivity index (χ3n) is 2.35. The van der Waals surface area contributed by atoms with Crippen molar-refractivity contribution in [2.75, 3.05) is 11.9 Å². The van der Waals surface area contributed by atoms with Crippen LogP contribution < -0.4 is 5.32 Å². The van der Waals surface area contributed by atoms with Crippen LogP contribution in [0.5, 0.6) is 0 Å². The maximum atomic E-state index is 11.9. The Labute approximate surface area is 100 Å². The van der Waals surface area contributed by atoms with Gasteiger partial charge in [0.2, 0.25) is 5.91 Å². The van der Waals surface area contributed by atoms with E-state index < -0.39 is 0 Å². The molecule has 1 atom stereocenters. The van der Waals surface area contributed by atoms with Gasteiger partial charge in [0.25, 0.3) is 5.95 Å². The number of tetrazole rings is 1. The Morgan fingerprint density at radius 3 is 3.29 bits per heavy atom. The highest BCUT2D eigenvalue weighted by atomic mass is 32.2. The fourth-order valence-electron chi connectivity index (χ4n) is 1.59. The minimum absolute atomic E-state index is 0.154. The average molecular weight is 248 g/mol. The zero-order valence-electron chi connectivity index (χ0n) is 8.62. The number of aromatic amines is 1. The fraction of sp³-hybridized carbons (Fsp3) is 0.222. The Bertz CT molecular complexity index is 532. The number of hydrogen-bond acceptors (Lipinski definition) is 6. The van der Waals surface area contributed by atoms with Gasteiger partial charge >= 0.3 is 0 Å². The molecule has 0 aliphatic carbocycles. The lowest BCUT2D eigenvalue weighted by atomic mass is 10.2. The minimum atomic E-state index is -0.253. The second-order valence-corrected chi connectivity index (χ2v) is 4.66. The molecule has 0 bridgehead atoms. The van der Waals surface area contributed by atoms with E-state index in [1.54, 1.807) is 6.21 Å². The van der Waals surface area contributed by atoms with Crippen molar-refractivity contribution in [2.45, 2.75) is 5.25 Å². The van der Waals surface area contributed by atoms with E-state index in [0.717, 1.165) is 10.5 Å². The van der Waals surface area contributed by atoms with Gasteiger partial charge in [-0.05, 0) is 16.9 Å². The number of fused-ring (bicyclic) bond motifs is 1. The predicted molar refractivity (Wildman–Crippen MR) is 63.7 cm³/mol. The molecule has 0 fully saturated rings. The number of aliphatic imine (C=N–C) groups is 1. The van der Waals surface area contributed by atoms with E-state index in [2.05, 4.69) is 30.9 Å². The van der Waals surface area contributed by atoms with Gasteiger partial charge < -0.3 is 0 Å². The molecule has 2 aliphatic rings. The number of H-pyrrole nitrogens is 1. The van der Waals surface area contributed by atoms with Gasteiger partial charge in [0.15, 0.2) is 0 Å². The fourth-order valence-corrected chi connectivity index (χ4v) is 2.68. The van der Waals surface area contributed by atoms with Crippen LogP contribution in [0.2, 0.25) is 0 Å². The number of allylic oxidation sites excluding steroid dienone is 1. The summed E-state index contributed by atoms with van der Waals surface area (Å²) in [7, 11) is 0. The van der Waals surface area contributed by atoms with Crippen molar-refractivity contribution >= 4 is 29.8 Å². The molecular weight excluding hydrogens is 240 g/mol. The molecule has 1 aromatic heterocycles. The average Bonchev–Trinajstić information content (AvgIpc) is 2.96. The molecule has 86 valence electrons. The third-order valence-corrected chi connectivity index (χ3v) is 3.61. The molecule has 3 rings (SSSR count). The number of anilines is 1. The Morgan fingerprint density at radius 1 is 1.59 bits per heavy atom. The summed E-state index contributed by atoms with van der Waals surface area (Å²) >= 11 is 1.50. The monoisotopic (exact) mass is 248 g/mol. The van der Waals surface area contributed by atoms with Crippen LogP contribution in [0, 0.1) is 0 Å². The van der Waals surface area contributed by atoms with E-state index >= 15 is 0 Å². The minimum Gasteiger partial charge on any atom is -0.291 e. The number of thioether (sulfide) groups is 1. The molecule has 7 nitrogen and oxygen atoms in total. The number of nitrogens with one attached hydrogen (secondary N) is 2. The van der Waals surface area contributed by atoms with Crippen molar-refractivity contribution in [1.29, 1.82) is 0 Å². The van der Waals surface area contributed by atoms with E-state index in [1.165, 1.54) is 11.8 Å². The van der Waals surface area contributed by atoms with E-state index in [-0.39, 0.29) is 17.1 Å². The number of amides is 1. The van der Waals surface area contributed by atoms with Crippen LogP contribution in [0.4, 0.5) is 5.95 Å². The van der Waals surface area contributed by atoms with Crippen LogP contribution in [0.1, 0.15) is 0 Å². The molecule has 2 N–H and O–H groups in total. The molecule has 0 aromatic carbocycles. The second kappa shape index (κ2) is 4.13. The third kappa shape index (κ3) is 1.98. The number of dihydropyridines is 1. The Morgan fingerprint density at radius 2 is 2.53 bits per heavy atom. The number of carbonyl (C=O) groups excluding carboxylic acids is 1. The zero-order chi connectivity index (χ0) is 11.7. The number of hydrogen-bond donors (Lipinski definition) is 2. The maximum absolute atomic E-state index is 11.9. The van der Waals surface area contributed by atoms with E-state index in [0.29, 0.717) is 6.54 Å². The van der Waals surface area contributed by atoms with E-state index in [4.69, 9.17) is 0 Å². The van der Waals surface area contributed by atoms with Crippen LogP contribution in [0.25, 0.3) is 0 Å². The van der Waals surface area contributed by atoms with Crippen molar-refractivity contribution < 1.29 is 4.79 Å². The lowest BCUT2D eigenvalue weighted by Gasteiger charge is -2.06. The lowest BCUT2D eigenvalue weighted by molar-refractivity contribution is -0.115. The number of nitrogens with zero attached hydrogens (tertiary/aromatic N) is 4. The quantitative estimate of drug-likeness (QED) is 0.776. The summed E-state index contributed by atoms with van der Waals surface area (Å²) in [5, 5.41) is 15.3. The number of aromatic nitrogens is 4. The van der Waals surface area contributed by atoms with E-state index in [1.807, 2.05) is 12.2 Å². The van der Waals surface area contributed by atoms with Crippen LogP contribution in [-0.2, 0) is 4.79 Å². The molecular formula is C9H8N6OS. The maximum Gasteiger partial charge on any atom is 0.269 e. The summed E-state index contributed by atoms with van der Waals surface area (Å²) in [5.41, 5.74) is 1.10. The van der Waals surface area contributed by atoms with Gasteiger partial charge in [-0.3, -0.25) is 15.1 Å². The van der Waals surface area contributed by atoms with Crippen molar-refractivity contribution in [3.8, 4) is 0 Å². The Kier molecular flexibility index (Phi) is 2.48. The first kappa shape index (κ1) is 10.2. The molecule has 3 heterocycles. The van der Waals surface area contributed by atoms with Gasteiger partial charge in [0.05, 0.1) is 6.54 Å². The van der Waals surface area contributed by atoms with Gasteiger partial charge in [-0.1, -0.05) is 11.2 Å². The van der Waals surface area contributed by atoms with Gasteiger partial charge in [-0.2, -0.15) is 5.21 Å². The molecule has 1 unspecified atom stereocenters. The number of carbonyl (C=O) groups is 1. The number of rotatable bonds is 2. The second-order valence-electron chi connectivity index (χ2n) is 3.48. The SMILES string of the molecule is O=C(Nc1nn[nH]n1)C1C=C2CN=CC=C2S1. The summed E-state index contributed by atoms with van der Waals surface area (Å²) < 4.78 is 0. The first-order chi connectivity index (χ1) is 8.33. The molecule has 2 aliphatic heterocycles. The molecule has 1 aromatic rings. The summed E-state index contributed by atoms with van der Waals surface area (Å²) in [6, 6.07) is 0. The molecule has 0 spiro atoms. The molecule has 8 heteroatoms. The van der Waals surface area contributed by atoms with Gasteiger partial charge in [-0.15, -0.1) is 16.9 Å². The highest BCUT2D eigenvalue weighted by molar-refractivity contribution is 8.05. The van der Waals surface area contributed by atoms with E-state index in [9.17, 15) is 4.79 Å². The smallest absolute Gasteiger partial charge is 0.269 e. The topological polar surface area (TPSA) is 95.9 Å². The summed E-state index contributed by atoms with van der Waals surface area (Å²) in [6.45, 7) is 0.644. The molecule has 0 saturated heterocycles. The Balaban J connectivity index is 1.71. The summed E-state index contributed by atoms with van der Waals surface area (Å²) in [4.78, 5) is 17.1. The molecule has 0 saturated carbocycles. The highest BCUT2D eigenvalue weighted by Crippen LogP contribution is 2.38. The van der Waals surface area contributed by atoms with Crippen molar-refractivity contribution in [3.63, 3.8) is 0 Å². The largest absolute Gasteiger partial charge is 0.291 e. The molecule has 0 radical (unpaired) electrons. The van der Waals surface area contributed by atoms with Crippen molar-refractivity contribution in [3.05, 3.63) is 22.6 Å². The Hall–Kier alpha value is -1.96. The van der Waals surface area contributed by atoms with Gasteiger partial charge in [0, 0.05) is 11.1 Å². The van der Waals surface area contributed by atoms with Crippen LogP contribution in [0.15, 0.2) is 27.6 Å². The zero-order valence-corrected chi connectivity index (χ0v) is 9.44. The molecule has 17 heavy (non-hydrogen) atoms. The standard InChI is InChI=1S/C9H8N6OS/c16-8(11-9-12-14-15-13-9)7-3-5-4-10-2-1-6(5)17-7/h1-3,7H,4H2,(H2,11,12,13,14,15,16). The lowest BCUT2D eigenvalue weighted by Crippen LogP contribution is -2.22. The predicted octanol–water partition coefficient (Wildman–Crippen LogP) is 0.148.